The quantitative estimate of drug-likeness (QED) is 0.565. The first-order valence-corrected chi connectivity index (χ1v) is 8.63. The van der Waals surface area contributed by atoms with Crippen LogP contribution in [0.3, 0.4) is 0 Å². The molecule has 3 rings (SSSR count). The number of aliphatic hydroxyl groups is 1. The zero-order valence-corrected chi connectivity index (χ0v) is 15.3. The fourth-order valence-electron chi connectivity index (χ4n) is 2.56. The van der Waals surface area contributed by atoms with Gasteiger partial charge in [-0.25, -0.2) is 4.68 Å². The second-order valence-corrected chi connectivity index (χ2v) is 6.21. The van der Waals surface area contributed by atoms with Crippen molar-refractivity contribution in [2.24, 2.45) is 0 Å². The third kappa shape index (κ3) is 5.00. The van der Waals surface area contributed by atoms with Crippen molar-refractivity contribution in [3.63, 3.8) is 0 Å². The Bertz CT molecular complexity index is 1000. The van der Waals surface area contributed by atoms with Gasteiger partial charge in [0, 0.05) is 5.56 Å². The van der Waals surface area contributed by atoms with E-state index >= 15 is 0 Å². The van der Waals surface area contributed by atoms with Gasteiger partial charge in [0.05, 0.1) is 12.2 Å². The van der Waals surface area contributed by atoms with Crippen LogP contribution in [0.25, 0.3) is 11.1 Å². The smallest absolute Gasteiger partial charge is 0.394 e. The van der Waals surface area contributed by atoms with Gasteiger partial charge in [-0.3, -0.25) is 15.0 Å². The number of nitrogens with one attached hydrogen (secondary N) is 2. The van der Waals surface area contributed by atoms with Gasteiger partial charge < -0.3 is 10.4 Å². The molecule has 3 N–H and O–H groups in total. The first kappa shape index (κ1) is 21.0. The van der Waals surface area contributed by atoms with Crippen molar-refractivity contribution in [1.82, 2.24) is 20.2 Å². The standard InChI is InChI=1S/C19H16F3N5O3/c20-19(21,22)15-7-5-13(6-8-15)12-1-3-14(4-2-12)17(29)25-16(9-28)18(30)26-27-10-23-24-11-27/h1-8,10-11,16,28H,9H2,(H,25,29)(H,26,30)/t16-/m0/s1. The number of nitrogens with zero attached hydrogens (tertiary/aromatic N) is 3. The van der Waals surface area contributed by atoms with E-state index in [9.17, 15) is 27.9 Å². The molecule has 0 saturated carbocycles. The van der Waals surface area contributed by atoms with E-state index < -0.39 is 36.2 Å². The molecule has 0 radical (unpaired) electrons. The number of hydrogen-bond acceptors (Lipinski definition) is 5. The summed E-state index contributed by atoms with van der Waals surface area (Å²) in [4.78, 5) is 24.5. The van der Waals surface area contributed by atoms with Gasteiger partial charge in [0.25, 0.3) is 11.8 Å². The molecule has 2 aromatic carbocycles. The lowest BCUT2D eigenvalue weighted by atomic mass is 10.0. The van der Waals surface area contributed by atoms with Crippen LogP contribution in [0.1, 0.15) is 15.9 Å². The normalized spacial score (nSPS) is 12.3. The summed E-state index contributed by atoms with van der Waals surface area (Å²) >= 11 is 0. The van der Waals surface area contributed by atoms with Crippen molar-refractivity contribution in [1.29, 1.82) is 0 Å². The molecule has 0 aliphatic carbocycles. The third-order valence-corrected chi connectivity index (χ3v) is 4.16. The SMILES string of the molecule is O=C(N[C@@H](CO)C(=O)Nn1cnnc1)c1ccc(-c2ccc(C(F)(F)F)cc2)cc1. The monoisotopic (exact) mass is 419 g/mol. The van der Waals surface area contributed by atoms with Crippen LogP contribution < -0.4 is 10.7 Å². The summed E-state index contributed by atoms with van der Waals surface area (Å²) in [6.07, 6.45) is -1.95. The predicted octanol–water partition coefficient (Wildman–Crippen LogP) is 1.82. The highest BCUT2D eigenvalue weighted by atomic mass is 19.4. The summed E-state index contributed by atoms with van der Waals surface area (Å²) < 4.78 is 39.1. The van der Waals surface area contributed by atoms with Gasteiger partial charge in [0.1, 0.15) is 18.7 Å². The van der Waals surface area contributed by atoms with Crippen molar-refractivity contribution >= 4 is 11.8 Å². The predicted molar refractivity (Wildman–Crippen MR) is 99.6 cm³/mol. The number of aromatic nitrogens is 3. The van der Waals surface area contributed by atoms with Crippen LogP contribution in [0.15, 0.2) is 61.2 Å². The number of rotatable bonds is 6. The Kier molecular flexibility index (Phi) is 6.11. The number of benzene rings is 2. The molecule has 0 spiro atoms. The average Bonchev–Trinajstić information content (AvgIpc) is 3.24. The highest BCUT2D eigenvalue weighted by Gasteiger charge is 2.30. The molecule has 11 heteroatoms. The lowest BCUT2D eigenvalue weighted by Crippen LogP contribution is -2.47. The molecule has 0 saturated heterocycles. The molecular formula is C19H16F3N5O3. The summed E-state index contributed by atoms with van der Waals surface area (Å²) in [6, 6.07) is 9.51. The maximum absolute atomic E-state index is 12.7. The lowest BCUT2D eigenvalue weighted by Gasteiger charge is -2.16. The summed E-state index contributed by atoms with van der Waals surface area (Å²) in [5, 5.41) is 18.8. The fourth-order valence-corrected chi connectivity index (χ4v) is 2.56. The topological polar surface area (TPSA) is 109 Å². The zero-order chi connectivity index (χ0) is 21.7. The fraction of sp³-hybridized carbons (Fsp3) is 0.158. The van der Waals surface area contributed by atoms with Crippen LogP contribution in [-0.2, 0) is 11.0 Å². The van der Waals surface area contributed by atoms with E-state index in [1.54, 1.807) is 12.1 Å². The molecule has 8 nitrogen and oxygen atoms in total. The highest BCUT2D eigenvalue weighted by Crippen LogP contribution is 2.31. The summed E-state index contributed by atoms with van der Waals surface area (Å²) in [5.74, 6) is -1.28. The van der Waals surface area contributed by atoms with Crippen LogP contribution in [0.4, 0.5) is 13.2 Å². The maximum atomic E-state index is 12.7. The first-order valence-electron chi connectivity index (χ1n) is 8.63. The van der Waals surface area contributed by atoms with Crippen LogP contribution >= 0.6 is 0 Å². The molecule has 0 fully saturated rings. The van der Waals surface area contributed by atoms with Gasteiger partial charge in [-0.15, -0.1) is 10.2 Å². The number of amides is 2. The largest absolute Gasteiger partial charge is 0.416 e. The maximum Gasteiger partial charge on any atom is 0.416 e. The number of carbonyl (C=O) groups is 2. The summed E-state index contributed by atoms with van der Waals surface area (Å²) in [7, 11) is 0. The van der Waals surface area contributed by atoms with E-state index in [2.05, 4.69) is 20.9 Å². The Balaban J connectivity index is 1.66. The molecule has 3 aromatic rings. The molecule has 0 aliphatic rings. The molecule has 30 heavy (non-hydrogen) atoms. The Morgan fingerprint density at radius 1 is 0.967 bits per heavy atom. The van der Waals surface area contributed by atoms with Crippen molar-refractivity contribution in [3.8, 4) is 11.1 Å². The zero-order valence-electron chi connectivity index (χ0n) is 15.3. The van der Waals surface area contributed by atoms with Crippen LogP contribution in [0, 0.1) is 0 Å². The van der Waals surface area contributed by atoms with Crippen molar-refractivity contribution in [3.05, 3.63) is 72.3 Å². The summed E-state index contributed by atoms with van der Waals surface area (Å²) in [6.45, 7) is -0.636. The van der Waals surface area contributed by atoms with Crippen LogP contribution in [-0.4, -0.2) is 44.4 Å². The van der Waals surface area contributed by atoms with Gasteiger partial charge in [-0.1, -0.05) is 24.3 Å². The molecule has 1 atom stereocenters. The van der Waals surface area contributed by atoms with Crippen molar-refractivity contribution in [2.45, 2.75) is 12.2 Å². The summed E-state index contributed by atoms with van der Waals surface area (Å²) in [5.41, 5.74) is 3.00. The van der Waals surface area contributed by atoms with E-state index in [1.165, 1.54) is 36.9 Å². The number of aliphatic hydroxyl groups excluding tert-OH is 1. The Morgan fingerprint density at radius 3 is 2.00 bits per heavy atom. The molecule has 1 aromatic heterocycles. The van der Waals surface area contributed by atoms with Crippen molar-refractivity contribution in [2.75, 3.05) is 12.0 Å². The number of alkyl halides is 3. The number of halogens is 3. The van der Waals surface area contributed by atoms with Gasteiger partial charge >= 0.3 is 6.18 Å². The van der Waals surface area contributed by atoms with E-state index in [1.807, 2.05) is 0 Å². The lowest BCUT2D eigenvalue weighted by molar-refractivity contribution is -0.137. The van der Waals surface area contributed by atoms with Gasteiger partial charge in [-0.05, 0) is 35.4 Å². The first-order chi connectivity index (χ1) is 14.3. The molecule has 0 aliphatic heterocycles. The Morgan fingerprint density at radius 2 is 1.50 bits per heavy atom. The Labute approximate surface area is 168 Å². The van der Waals surface area contributed by atoms with Crippen molar-refractivity contribution < 1.29 is 27.9 Å². The minimum atomic E-state index is -4.41. The second kappa shape index (κ2) is 8.74. The molecule has 1 heterocycles. The second-order valence-electron chi connectivity index (χ2n) is 6.21. The average molecular weight is 419 g/mol. The van der Waals surface area contributed by atoms with Crippen LogP contribution in [0.2, 0.25) is 0 Å². The third-order valence-electron chi connectivity index (χ3n) is 4.16. The van der Waals surface area contributed by atoms with Gasteiger partial charge in [0.15, 0.2) is 0 Å². The number of carbonyl (C=O) groups excluding carboxylic acids is 2. The van der Waals surface area contributed by atoms with E-state index in [-0.39, 0.29) is 5.56 Å². The Hall–Kier alpha value is -3.73. The van der Waals surface area contributed by atoms with E-state index in [0.29, 0.717) is 11.1 Å². The van der Waals surface area contributed by atoms with Gasteiger partial charge in [-0.2, -0.15) is 13.2 Å². The molecule has 0 unspecified atom stereocenters. The number of hydrogen-bond donors (Lipinski definition) is 3. The molecule has 156 valence electrons. The van der Waals surface area contributed by atoms with E-state index in [4.69, 9.17) is 0 Å². The minimum Gasteiger partial charge on any atom is -0.394 e. The molecular weight excluding hydrogens is 403 g/mol. The van der Waals surface area contributed by atoms with Crippen LogP contribution in [0.5, 0.6) is 0 Å². The van der Waals surface area contributed by atoms with Gasteiger partial charge in [0.2, 0.25) is 0 Å². The highest BCUT2D eigenvalue weighted by molar-refractivity contribution is 5.99. The minimum absolute atomic E-state index is 0.209. The van der Waals surface area contributed by atoms with E-state index in [0.717, 1.165) is 16.8 Å². The molecule has 0 bridgehead atoms. The molecule has 2 amide bonds.